The molecule has 0 atom stereocenters. The monoisotopic (exact) mass is 282 g/mol. The summed E-state index contributed by atoms with van der Waals surface area (Å²) in [4.78, 5) is 14.8. The molecule has 2 N–H and O–H groups in total. The molecular formula is C17H34N2O. The first kappa shape index (κ1) is 17.5. The van der Waals surface area contributed by atoms with Crippen molar-refractivity contribution in [3.8, 4) is 0 Å². The quantitative estimate of drug-likeness (QED) is 0.777. The lowest BCUT2D eigenvalue weighted by atomic mass is 9.71. The van der Waals surface area contributed by atoms with Gasteiger partial charge in [-0.25, -0.2) is 0 Å². The Hall–Kier alpha value is -0.570. The number of amides is 1. The highest BCUT2D eigenvalue weighted by Crippen LogP contribution is 2.38. The van der Waals surface area contributed by atoms with E-state index in [2.05, 4.69) is 32.6 Å². The maximum Gasteiger partial charge on any atom is 0.223 e. The van der Waals surface area contributed by atoms with E-state index >= 15 is 0 Å². The van der Waals surface area contributed by atoms with Crippen LogP contribution in [0, 0.1) is 17.3 Å². The van der Waals surface area contributed by atoms with Crippen LogP contribution in [-0.2, 0) is 4.79 Å². The SMILES string of the molecule is CC(C)CN(CC(C)C)C(=O)CC1(CN)CCCCC1. The Morgan fingerprint density at radius 3 is 1.95 bits per heavy atom. The standard InChI is InChI=1S/C17H34N2O/c1-14(2)11-19(12-15(3)4)16(20)10-17(13-18)8-6-5-7-9-17/h14-15H,5-13,18H2,1-4H3. The van der Waals surface area contributed by atoms with Crippen molar-refractivity contribution >= 4 is 5.91 Å². The molecule has 3 nitrogen and oxygen atoms in total. The number of carbonyl (C=O) groups excluding carboxylic acids is 1. The Balaban J connectivity index is 2.67. The third kappa shape index (κ3) is 5.43. The van der Waals surface area contributed by atoms with Gasteiger partial charge in [0.05, 0.1) is 0 Å². The summed E-state index contributed by atoms with van der Waals surface area (Å²) in [5, 5.41) is 0. The summed E-state index contributed by atoms with van der Waals surface area (Å²) >= 11 is 0. The molecule has 0 aliphatic heterocycles. The van der Waals surface area contributed by atoms with E-state index in [1.807, 2.05) is 0 Å². The second-order valence-electron chi connectivity index (χ2n) is 7.53. The molecule has 0 spiro atoms. The van der Waals surface area contributed by atoms with E-state index in [4.69, 9.17) is 5.73 Å². The van der Waals surface area contributed by atoms with Crippen LogP contribution in [-0.4, -0.2) is 30.4 Å². The van der Waals surface area contributed by atoms with Gasteiger partial charge in [0.15, 0.2) is 0 Å². The van der Waals surface area contributed by atoms with Crippen LogP contribution < -0.4 is 5.73 Å². The van der Waals surface area contributed by atoms with Crippen LogP contribution >= 0.6 is 0 Å². The summed E-state index contributed by atoms with van der Waals surface area (Å²) in [6.45, 7) is 11.1. The van der Waals surface area contributed by atoms with E-state index in [0.29, 0.717) is 30.7 Å². The molecule has 118 valence electrons. The van der Waals surface area contributed by atoms with E-state index in [0.717, 1.165) is 25.9 Å². The van der Waals surface area contributed by atoms with Gasteiger partial charge in [0.1, 0.15) is 0 Å². The molecule has 1 aliphatic rings. The molecule has 20 heavy (non-hydrogen) atoms. The fourth-order valence-corrected chi connectivity index (χ4v) is 3.35. The zero-order chi connectivity index (χ0) is 15.2. The molecule has 0 heterocycles. The Bertz CT molecular complexity index is 283. The van der Waals surface area contributed by atoms with E-state index in [-0.39, 0.29) is 5.41 Å². The van der Waals surface area contributed by atoms with Crippen LogP contribution in [0.25, 0.3) is 0 Å². The first-order valence-electron chi connectivity index (χ1n) is 8.36. The fraction of sp³-hybridized carbons (Fsp3) is 0.941. The van der Waals surface area contributed by atoms with Gasteiger partial charge >= 0.3 is 0 Å². The second-order valence-corrected chi connectivity index (χ2v) is 7.53. The Kier molecular flexibility index (Phi) is 7.01. The summed E-state index contributed by atoms with van der Waals surface area (Å²) in [7, 11) is 0. The van der Waals surface area contributed by atoms with Gasteiger partial charge in [-0.05, 0) is 36.6 Å². The van der Waals surface area contributed by atoms with Gasteiger partial charge < -0.3 is 10.6 Å². The smallest absolute Gasteiger partial charge is 0.223 e. The van der Waals surface area contributed by atoms with E-state index in [9.17, 15) is 4.79 Å². The van der Waals surface area contributed by atoms with Gasteiger partial charge in [-0.3, -0.25) is 4.79 Å². The van der Waals surface area contributed by atoms with Crippen molar-refractivity contribution in [2.75, 3.05) is 19.6 Å². The molecule has 1 rings (SSSR count). The number of hydrogen-bond acceptors (Lipinski definition) is 2. The van der Waals surface area contributed by atoms with Gasteiger partial charge in [-0.2, -0.15) is 0 Å². The predicted molar refractivity (Wildman–Crippen MR) is 85.4 cm³/mol. The van der Waals surface area contributed by atoms with Gasteiger partial charge in [-0.15, -0.1) is 0 Å². The maximum atomic E-state index is 12.7. The minimum atomic E-state index is 0.0849. The largest absolute Gasteiger partial charge is 0.342 e. The predicted octanol–water partition coefficient (Wildman–Crippen LogP) is 3.43. The Morgan fingerprint density at radius 2 is 1.55 bits per heavy atom. The highest BCUT2D eigenvalue weighted by atomic mass is 16.2. The number of carbonyl (C=O) groups is 1. The van der Waals surface area contributed by atoms with Crippen LogP contribution in [0.5, 0.6) is 0 Å². The average Bonchev–Trinajstić information content (AvgIpc) is 2.38. The normalized spacial score (nSPS) is 18.6. The lowest BCUT2D eigenvalue weighted by Gasteiger charge is -2.38. The maximum absolute atomic E-state index is 12.7. The molecule has 0 radical (unpaired) electrons. The van der Waals surface area contributed by atoms with E-state index in [1.165, 1.54) is 19.3 Å². The summed E-state index contributed by atoms with van der Waals surface area (Å²) in [6.07, 6.45) is 6.69. The van der Waals surface area contributed by atoms with Crippen molar-refractivity contribution < 1.29 is 4.79 Å². The van der Waals surface area contributed by atoms with Crippen LogP contribution in [0.15, 0.2) is 0 Å². The van der Waals surface area contributed by atoms with Gasteiger partial charge in [0, 0.05) is 19.5 Å². The first-order chi connectivity index (χ1) is 9.38. The molecule has 1 fully saturated rings. The van der Waals surface area contributed by atoms with Crippen LogP contribution in [0.2, 0.25) is 0 Å². The Labute approximate surface area is 125 Å². The summed E-state index contributed by atoms with van der Waals surface area (Å²) in [5.74, 6) is 1.37. The molecule has 0 unspecified atom stereocenters. The second kappa shape index (κ2) is 8.02. The summed E-state index contributed by atoms with van der Waals surface area (Å²) in [5.41, 5.74) is 6.10. The molecular weight excluding hydrogens is 248 g/mol. The van der Waals surface area contributed by atoms with Crippen molar-refractivity contribution in [2.45, 2.75) is 66.2 Å². The van der Waals surface area contributed by atoms with Crippen molar-refractivity contribution in [2.24, 2.45) is 23.0 Å². The molecule has 1 saturated carbocycles. The topological polar surface area (TPSA) is 46.3 Å². The van der Waals surface area contributed by atoms with Gasteiger partial charge in [-0.1, -0.05) is 47.0 Å². The van der Waals surface area contributed by atoms with Crippen molar-refractivity contribution in [3.05, 3.63) is 0 Å². The van der Waals surface area contributed by atoms with Crippen molar-refractivity contribution in [1.29, 1.82) is 0 Å². The van der Waals surface area contributed by atoms with Crippen molar-refractivity contribution in [3.63, 3.8) is 0 Å². The molecule has 1 amide bonds. The van der Waals surface area contributed by atoms with E-state index in [1.54, 1.807) is 0 Å². The molecule has 0 bridgehead atoms. The van der Waals surface area contributed by atoms with Crippen LogP contribution in [0.1, 0.15) is 66.2 Å². The lowest BCUT2D eigenvalue weighted by molar-refractivity contribution is -0.135. The summed E-state index contributed by atoms with van der Waals surface area (Å²) in [6, 6.07) is 0. The average molecular weight is 282 g/mol. The molecule has 0 aromatic heterocycles. The molecule has 1 aliphatic carbocycles. The van der Waals surface area contributed by atoms with E-state index < -0.39 is 0 Å². The number of hydrogen-bond donors (Lipinski definition) is 1. The minimum Gasteiger partial charge on any atom is -0.342 e. The number of nitrogens with two attached hydrogens (primary N) is 1. The fourth-order valence-electron chi connectivity index (χ4n) is 3.35. The zero-order valence-corrected chi connectivity index (χ0v) is 14.0. The van der Waals surface area contributed by atoms with Crippen molar-refractivity contribution in [1.82, 2.24) is 4.90 Å². The summed E-state index contributed by atoms with van der Waals surface area (Å²) < 4.78 is 0. The molecule has 3 heteroatoms. The van der Waals surface area contributed by atoms with Crippen LogP contribution in [0.3, 0.4) is 0 Å². The minimum absolute atomic E-state index is 0.0849. The molecule has 0 saturated heterocycles. The van der Waals surface area contributed by atoms with Gasteiger partial charge in [0.2, 0.25) is 5.91 Å². The van der Waals surface area contributed by atoms with Gasteiger partial charge in [0.25, 0.3) is 0 Å². The highest BCUT2D eigenvalue weighted by molar-refractivity contribution is 5.77. The third-order valence-electron chi connectivity index (χ3n) is 4.40. The molecule has 0 aromatic carbocycles. The van der Waals surface area contributed by atoms with Crippen LogP contribution in [0.4, 0.5) is 0 Å². The third-order valence-corrected chi connectivity index (χ3v) is 4.40. The Morgan fingerprint density at radius 1 is 1.05 bits per heavy atom. The first-order valence-corrected chi connectivity index (χ1v) is 8.36. The zero-order valence-electron chi connectivity index (χ0n) is 14.0. The number of rotatable bonds is 7. The number of nitrogens with zero attached hydrogens (tertiary/aromatic N) is 1. The lowest BCUT2D eigenvalue weighted by Crippen LogP contribution is -2.43. The highest BCUT2D eigenvalue weighted by Gasteiger charge is 2.34. The molecule has 0 aromatic rings.